The maximum atomic E-state index is 5.25. The molecular formula is C39H18P2S. The predicted octanol–water partition coefficient (Wildman–Crippen LogP) is 4.93. The normalized spacial score (nSPS) is 7.86. The Balaban J connectivity index is 2.83. The van der Waals surface area contributed by atoms with Crippen LogP contribution in [0.5, 0.6) is 0 Å². The maximum Gasteiger partial charge on any atom is 0.0836 e. The van der Waals surface area contributed by atoms with E-state index in [1.165, 1.54) is 0 Å². The maximum absolute atomic E-state index is 5.25. The van der Waals surface area contributed by atoms with Gasteiger partial charge in [-0.2, -0.15) is 12.6 Å². The molecule has 0 heterocycles. The van der Waals surface area contributed by atoms with Crippen LogP contribution in [0.15, 0.2) is 36.4 Å². The molecule has 42 heavy (non-hydrogen) atoms. The summed E-state index contributed by atoms with van der Waals surface area (Å²) in [6, 6.07) is 12.2. The van der Waals surface area contributed by atoms with Crippen LogP contribution in [-0.4, -0.2) is 0 Å². The van der Waals surface area contributed by atoms with Crippen LogP contribution in [0, 0.1) is 157 Å². The average Bonchev–Trinajstić information content (AvgIpc) is 2.99. The first-order valence-corrected chi connectivity index (χ1v) is 15.0. The van der Waals surface area contributed by atoms with Crippen LogP contribution in [0.1, 0.15) is 27.5 Å². The minimum Gasteiger partial charge on any atom is -0.166 e. The van der Waals surface area contributed by atoms with Gasteiger partial charge in [0.2, 0.25) is 0 Å². The van der Waals surface area contributed by atoms with Gasteiger partial charge in [-0.15, -0.1) is 25.7 Å². The van der Waals surface area contributed by atoms with Gasteiger partial charge in [-0.1, -0.05) is 35.4 Å². The molecule has 0 atom stereocenters. The van der Waals surface area contributed by atoms with Gasteiger partial charge < -0.3 is 0 Å². The molecule has 0 nitrogen and oxygen atoms in total. The molecule has 0 N–H and O–H groups in total. The van der Waals surface area contributed by atoms with Crippen molar-refractivity contribution in [3.63, 3.8) is 0 Å². The highest BCUT2D eigenvalue weighted by Gasteiger charge is 2.23. The first-order chi connectivity index (χ1) is 20.5. The van der Waals surface area contributed by atoms with Crippen molar-refractivity contribution in [3.8, 4) is 143 Å². The third-order valence-electron chi connectivity index (χ3n) is 4.90. The zero-order chi connectivity index (χ0) is 30.6. The highest BCUT2D eigenvalue weighted by molar-refractivity contribution is 7.81. The molecule has 2 rings (SSSR count). The molecule has 0 aliphatic rings. The molecule has 0 saturated carbocycles. The number of hydrogen-bond donors (Lipinski definition) is 1. The Morgan fingerprint density at radius 2 is 0.810 bits per heavy atom. The molecule has 0 amide bonds. The highest BCUT2D eigenvalue weighted by Crippen LogP contribution is 2.41. The number of benzene rings is 2. The molecule has 0 bridgehead atoms. The van der Waals surface area contributed by atoms with Crippen LogP contribution in [0.4, 0.5) is 0 Å². The molecule has 3 heteroatoms. The summed E-state index contributed by atoms with van der Waals surface area (Å²) in [5.41, 5.74) is 16.6. The van der Waals surface area contributed by atoms with Crippen molar-refractivity contribution in [1.29, 1.82) is 0 Å². The smallest absolute Gasteiger partial charge is 0.0836 e. The molecule has 0 unspecified atom stereocenters. The number of thiol groups is 1. The second-order valence-electron chi connectivity index (χ2n) is 7.72. The van der Waals surface area contributed by atoms with Crippen molar-refractivity contribution in [2.24, 2.45) is 0 Å². The lowest BCUT2D eigenvalue weighted by atomic mass is 10.0. The molecule has 0 spiro atoms. The fourth-order valence-corrected chi connectivity index (χ4v) is 6.73. The van der Waals surface area contributed by atoms with Crippen molar-refractivity contribution in [3.05, 3.63) is 58.7 Å². The SMILES string of the molecule is C#CC#CC#CP(C#CC#CC#C)c1cc(C)ccc1C(S)c1ccc(C)cc1P(C#CC#CC#C)C#CC#CC#C. The quantitative estimate of drug-likeness (QED) is 0.296. The lowest BCUT2D eigenvalue weighted by Gasteiger charge is -2.22. The highest BCUT2D eigenvalue weighted by atomic mass is 32.1. The van der Waals surface area contributed by atoms with Gasteiger partial charge in [0, 0.05) is 10.6 Å². The third-order valence-corrected chi connectivity index (χ3v) is 8.54. The van der Waals surface area contributed by atoms with E-state index in [0.29, 0.717) is 0 Å². The summed E-state index contributed by atoms with van der Waals surface area (Å²) in [5.74, 6) is 41.0. The molecule has 0 aromatic heterocycles. The van der Waals surface area contributed by atoms with Crippen LogP contribution in [-0.2, 0) is 0 Å². The summed E-state index contributed by atoms with van der Waals surface area (Å²) in [4.78, 5) is 0. The van der Waals surface area contributed by atoms with Crippen LogP contribution in [0.2, 0.25) is 0 Å². The standard InChI is InChI=1S/C39H18P2S/c1-7-11-15-19-27-40(28-20-16-12-8-2)37-31-33(5)23-25-35(37)39(42)36-26-24-34(6)32-38(36)41(29-21-17-13-9-3)30-22-18-14-10-4/h1-4,23-26,31-32,39,42H,5-6H3. The Kier molecular flexibility index (Phi) is 14.4. The van der Waals surface area contributed by atoms with Crippen LogP contribution in [0.3, 0.4) is 0 Å². The number of aryl methyl sites for hydroxylation is 2. The van der Waals surface area contributed by atoms with Gasteiger partial charge in [-0.05, 0) is 154 Å². The average molecular weight is 581 g/mol. The lowest BCUT2D eigenvalue weighted by molar-refractivity contribution is 1.19. The second kappa shape index (κ2) is 18.6. The number of hydrogen-bond acceptors (Lipinski definition) is 1. The van der Waals surface area contributed by atoms with E-state index in [4.69, 9.17) is 38.3 Å². The van der Waals surface area contributed by atoms with Crippen LogP contribution >= 0.6 is 28.5 Å². The van der Waals surface area contributed by atoms with Gasteiger partial charge in [0.15, 0.2) is 0 Å². The Labute approximate surface area is 258 Å². The zero-order valence-electron chi connectivity index (χ0n) is 22.7. The van der Waals surface area contributed by atoms with Gasteiger partial charge in [-0.25, -0.2) is 0 Å². The van der Waals surface area contributed by atoms with Crippen molar-refractivity contribution in [2.75, 3.05) is 0 Å². The van der Waals surface area contributed by atoms with E-state index in [-0.39, 0.29) is 5.25 Å². The van der Waals surface area contributed by atoms with Crippen LogP contribution in [0.25, 0.3) is 0 Å². The second-order valence-corrected chi connectivity index (χ2v) is 11.4. The molecule has 0 saturated heterocycles. The summed E-state index contributed by atoms with van der Waals surface area (Å²) in [6.07, 6.45) is 21.0. The molecule has 0 radical (unpaired) electrons. The third kappa shape index (κ3) is 10.5. The van der Waals surface area contributed by atoms with Gasteiger partial charge in [0.1, 0.15) is 0 Å². The first kappa shape index (κ1) is 32.6. The Bertz CT molecular complexity index is 1820. The van der Waals surface area contributed by atoms with E-state index < -0.39 is 15.8 Å². The molecule has 190 valence electrons. The fraction of sp³-hybridized carbons (Fsp3) is 0.0769. The Morgan fingerprint density at radius 3 is 1.10 bits per heavy atom. The van der Waals surface area contributed by atoms with Gasteiger partial charge >= 0.3 is 0 Å². The summed E-state index contributed by atoms with van der Waals surface area (Å²) in [6.45, 7) is 4.00. The van der Waals surface area contributed by atoms with E-state index in [2.05, 4.69) is 130 Å². The summed E-state index contributed by atoms with van der Waals surface area (Å²) in [5, 5.41) is 1.46. The van der Waals surface area contributed by atoms with E-state index in [0.717, 1.165) is 32.9 Å². The molecule has 0 fully saturated rings. The number of rotatable bonds is 4. The van der Waals surface area contributed by atoms with E-state index in [1.54, 1.807) is 0 Å². The van der Waals surface area contributed by atoms with Crippen molar-refractivity contribution in [1.82, 2.24) is 0 Å². The lowest BCUT2D eigenvalue weighted by Crippen LogP contribution is -2.16. The molecule has 0 aliphatic heterocycles. The topological polar surface area (TPSA) is 0 Å². The molecular weight excluding hydrogens is 562 g/mol. The minimum absolute atomic E-state index is 0.374. The zero-order valence-corrected chi connectivity index (χ0v) is 25.4. The minimum atomic E-state index is -1.35. The predicted molar refractivity (Wildman–Crippen MR) is 184 cm³/mol. The summed E-state index contributed by atoms with van der Waals surface area (Å²) in [7, 11) is -2.69. The van der Waals surface area contributed by atoms with E-state index in [9.17, 15) is 0 Å². The Morgan fingerprint density at radius 1 is 0.500 bits per heavy atom. The van der Waals surface area contributed by atoms with Crippen molar-refractivity contribution in [2.45, 2.75) is 19.1 Å². The summed E-state index contributed by atoms with van der Waals surface area (Å²) < 4.78 is 0. The van der Waals surface area contributed by atoms with Gasteiger partial charge in [0.25, 0.3) is 0 Å². The monoisotopic (exact) mass is 580 g/mol. The Hall–Kier alpha value is -5.63. The van der Waals surface area contributed by atoms with E-state index >= 15 is 0 Å². The fourth-order valence-electron chi connectivity index (χ4n) is 3.23. The number of terminal acetylenes is 4. The van der Waals surface area contributed by atoms with Crippen LogP contribution < -0.4 is 10.6 Å². The van der Waals surface area contributed by atoms with E-state index in [1.807, 2.05) is 38.1 Å². The van der Waals surface area contributed by atoms with Gasteiger partial charge in [0.05, 0.1) is 21.1 Å². The molecule has 0 aliphatic carbocycles. The van der Waals surface area contributed by atoms with Crippen molar-refractivity contribution >= 4 is 39.1 Å². The first-order valence-electron chi connectivity index (χ1n) is 11.8. The van der Waals surface area contributed by atoms with Gasteiger partial charge in [-0.3, -0.25) is 0 Å². The van der Waals surface area contributed by atoms with Crippen molar-refractivity contribution < 1.29 is 0 Å². The largest absolute Gasteiger partial charge is 0.166 e. The molecule has 2 aromatic carbocycles. The summed E-state index contributed by atoms with van der Waals surface area (Å²) >= 11 is 5.11. The molecule has 2 aromatic rings.